The molecule has 6 nitrogen and oxygen atoms in total. The van der Waals surface area contributed by atoms with Gasteiger partial charge in [-0.25, -0.2) is 9.97 Å². The van der Waals surface area contributed by atoms with Crippen LogP contribution < -0.4 is 4.90 Å². The van der Waals surface area contributed by atoms with Crippen LogP contribution in [-0.2, 0) is 9.47 Å². The molecule has 0 atom stereocenters. The Morgan fingerprint density at radius 1 is 0.821 bits per heavy atom. The Morgan fingerprint density at radius 3 is 2.25 bits per heavy atom. The second-order valence-corrected chi connectivity index (χ2v) is 7.13. The minimum atomic E-state index is -0.389. The van der Waals surface area contributed by atoms with Gasteiger partial charge in [0.2, 0.25) is 0 Å². The molecule has 28 heavy (non-hydrogen) atoms. The van der Waals surface area contributed by atoms with Crippen molar-refractivity contribution >= 4 is 5.82 Å². The summed E-state index contributed by atoms with van der Waals surface area (Å²) in [6.07, 6.45) is 5.28. The van der Waals surface area contributed by atoms with Gasteiger partial charge in [-0.3, -0.25) is 4.98 Å². The van der Waals surface area contributed by atoms with Gasteiger partial charge in [-0.05, 0) is 12.1 Å². The van der Waals surface area contributed by atoms with Crippen LogP contribution in [0.3, 0.4) is 0 Å². The van der Waals surface area contributed by atoms with E-state index in [2.05, 4.69) is 16.0 Å². The van der Waals surface area contributed by atoms with E-state index in [1.165, 1.54) is 0 Å². The average Bonchev–Trinajstić information content (AvgIpc) is 3.23. The first-order chi connectivity index (χ1) is 13.8. The van der Waals surface area contributed by atoms with E-state index in [9.17, 15) is 0 Å². The van der Waals surface area contributed by atoms with Gasteiger partial charge in [0.05, 0.1) is 18.9 Å². The van der Waals surface area contributed by atoms with Gasteiger partial charge in [0.25, 0.3) is 0 Å². The molecule has 0 aliphatic carbocycles. The third-order valence-corrected chi connectivity index (χ3v) is 5.38. The summed E-state index contributed by atoms with van der Waals surface area (Å²) in [5, 5.41) is 0. The summed E-state index contributed by atoms with van der Waals surface area (Å²) in [5.41, 5.74) is 2.95. The van der Waals surface area contributed by atoms with Crippen LogP contribution in [-0.4, -0.2) is 47.0 Å². The fourth-order valence-electron chi connectivity index (χ4n) is 3.85. The number of benzene rings is 1. The second kappa shape index (κ2) is 7.30. The van der Waals surface area contributed by atoms with Crippen molar-refractivity contribution < 1.29 is 9.47 Å². The van der Waals surface area contributed by atoms with Crippen LogP contribution in [0.15, 0.2) is 60.9 Å². The SMILES string of the molecule is c1ccc(-c2nc(-c3ccncc3)cc(N3CCC4(CC3)OCCO4)n2)cc1. The third-order valence-electron chi connectivity index (χ3n) is 5.38. The molecule has 2 aliphatic heterocycles. The number of piperidine rings is 1. The minimum Gasteiger partial charge on any atom is -0.356 e. The molecule has 1 spiro atoms. The van der Waals surface area contributed by atoms with Gasteiger partial charge in [-0.15, -0.1) is 0 Å². The summed E-state index contributed by atoms with van der Waals surface area (Å²) in [4.78, 5) is 16.1. The minimum absolute atomic E-state index is 0.389. The molecular formula is C22H22N4O2. The van der Waals surface area contributed by atoms with Gasteiger partial charge in [0, 0.05) is 55.5 Å². The number of aromatic nitrogens is 3. The van der Waals surface area contributed by atoms with Gasteiger partial charge in [0.15, 0.2) is 11.6 Å². The Bertz CT molecular complexity index is 876. The number of pyridine rings is 1. The molecule has 2 fully saturated rings. The Kier molecular flexibility index (Phi) is 4.50. The molecule has 0 amide bonds. The Labute approximate surface area is 164 Å². The zero-order valence-electron chi connectivity index (χ0n) is 15.6. The zero-order valence-corrected chi connectivity index (χ0v) is 15.6. The third kappa shape index (κ3) is 3.37. The van der Waals surface area contributed by atoms with Crippen LogP contribution in [0.4, 0.5) is 5.82 Å². The van der Waals surface area contributed by atoms with Gasteiger partial charge in [-0.1, -0.05) is 30.3 Å². The first-order valence-corrected chi connectivity index (χ1v) is 9.69. The van der Waals surface area contributed by atoms with Crippen molar-refractivity contribution in [3.63, 3.8) is 0 Å². The molecule has 2 aromatic heterocycles. The highest BCUT2D eigenvalue weighted by Gasteiger charge is 2.40. The van der Waals surface area contributed by atoms with Crippen LogP contribution in [0.25, 0.3) is 22.6 Å². The molecule has 2 aliphatic rings. The largest absolute Gasteiger partial charge is 0.356 e. The smallest absolute Gasteiger partial charge is 0.171 e. The predicted octanol–water partition coefficient (Wildman–Crippen LogP) is 3.55. The highest BCUT2D eigenvalue weighted by atomic mass is 16.7. The van der Waals surface area contributed by atoms with Gasteiger partial charge in [-0.2, -0.15) is 0 Å². The van der Waals surface area contributed by atoms with Crippen molar-refractivity contribution in [3.8, 4) is 22.6 Å². The maximum absolute atomic E-state index is 5.86. The van der Waals surface area contributed by atoms with Crippen molar-refractivity contribution in [2.24, 2.45) is 0 Å². The predicted molar refractivity (Wildman–Crippen MR) is 107 cm³/mol. The summed E-state index contributed by atoms with van der Waals surface area (Å²) >= 11 is 0. The molecule has 0 saturated carbocycles. The molecule has 0 unspecified atom stereocenters. The summed E-state index contributed by atoms with van der Waals surface area (Å²) < 4.78 is 11.7. The molecule has 0 bridgehead atoms. The quantitative estimate of drug-likeness (QED) is 0.699. The molecule has 2 saturated heterocycles. The van der Waals surface area contributed by atoms with Crippen molar-refractivity contribution in [2.75, 3.05) is 31.2 Å². The van der Waals surface area contributed by atoms with Crippen molar-refractivity contribution in [1.82, 2.24) is 15.0 Å². The average molecular weight is 374 g/mol. The van der Waals surface area contributed by atoms with Gasteiger partial charge in [0.1, 0.15) is 5.82 Å². The van der Waals surface area contributed by atoms with E-state index >= 15 is 0 Å². The Morgan fingerprint density at radius 2 is 1.54 bits per heavy atom. The topological polar surface area (TPSA) is 60.4 Å². The number of hydrogen-bond donors (Lipinski definition) is 0. The van der Waals surface area contributed by atoms with Crippen LogP contribution in [0.1, 0.15) is 12.8 Å². The number of anilines is 1. The van der Waals surface area contributed by atoms with Crippen LogP contribution in [0, 0.1) is 0 Å². The van der Waals surface area contributed by atoms with Crippen LogP contribution in [0.5, 0.6) is 0 Å². The fraction of sp³-hybridized carbons (Fsp3) is 0.318. The molecule has 6 heteroatoms. The molecule has 0 radical (unpaired) electrons. The summed E-state index contributed by atoms with van der Waals surface area (Å²) in [6.45, 7) is 3.08. The summed E-state index contributed by atoms with van der Waals surface area (Å²) in [6, 6.07) is 16.1. The Balaban J connectivity index is 1.50. The molecule has 0 N–H and O–H groups in total. The highest BCUT2D eigenvalue weighted by Crippen LogP contribution is 2.34. The summed E-state index contributed by atoms with van der Waals surface area (Å²) in [5.74, 6) is 1.28. The second-order valence-electron chi connectivity index (χ2n) is 7.13. The van der Waals surface area contributed by atoms with Gasteiger partial charge < -0.3 is 14.4 Å². The normalized spacial score (nSPS) is 18.5. The standard InChI is InChI=1S/C22H22N4O2/c1-2-4-18(5-3-1)21-24-19(17-6-10-23-11-7-17)16-20(25-21)26-12-8-22(9-13-26)27-14-15-28-22/h1-7,10-11,16H,8-9,12-15H2. The van der Waals surface area contributed by atoms with E-state index in [0.29, 0.717) is 13.2 Å². The number of rotatable bonds is 3. The summed E-state index contributed by atoms with van der Waals surface area (Å²) in [7, 11) is 0. The molecule has 5 rings (SSSR count). The van der Waals surface area contributed by atoms with Crippen molar-refractivity contribution in [2.45, 2.75) is 18.6 Å². The fourth-order valence-corrected chi connectivity index (χ4v) is 3.85. The molecular weight excluding hydrogens is 352 g/mol. The van der Waals surface area contributed by atoms with Crippen molar-refractivity contribution in [1.29, 1.82) is 0 Å². The molecule has 3 aromatic rings. The first-order valence-electron chi connectivity index (χ1n) is 9.69. The highest BCUT2D eigenvalue weighted by molar-refractivity contribution is 5.67. The van der Waals surface area contributed by atoms with E-state index in [1.807, 2.05) is 42.5 Å². The van der Waals surface area contributed by atoms with E-state index in [-0.39, 0.29) is 5.79 Å². The lowest BCUT2D eigenvalue weighted by Gasteiger charge is -2.38. The molecule has 1 aromatic carbocycles. The zero-order chi connectivity index (χ0) is 18.8. The van der Waals surface area contributed by atoms with Crippen LogP contribution in [0.2, 0.25) is 0 Å². The first kappa shape index (κ1) is 17.3. The lowest BCUT2D eigenvalue weighted by atomic mass is 10.0. The van der Waals surface area contributed by atoms with E-state index in [1.54, 1.807) is 12.4 Å². The maximum Gasteiger partial charge on any atom is 0.171 e. The number of hydrogen-bond acceptors (Lipinski definition) is 6. The number of ether oxygens (including phenoxy) is 2. The number of nitrogens with zero attached hydrogens (tertiary/aromatic N) is 4. The maximum atomic E-state index is 5.86. The van der Waals surface area contributed by atoms with Crippen LogP contribution >= 0.6 is 0 Å². The molecule has 142 valence electrons. The van der Waals surface area contributed by atoms with Crippen molar-refractivity contribution in [3.05, 3.63) is 60.9 Å². The van der Waals surface area contributed by atoms with Gasteiger partial charge >= 0.3 is 0 Å². The molecule has 4 heterocycles. The monoisotopic (exact) mass is 374 g/mol. The lowest BCUT2D eigenvalue weighted by molar-refractivity contribution is -0.169. The van der Waals surface area contributed by atoms with E-state index in [0.717, 1.165) is 54.4 Å². The van der Waals surface area contributed by atoms with E-state index < -0.39 is 0 Å². The Hall–Kier alpha value is -2.83. The lowest BCUT2D eigenvalue weighted by Crippen LogP contribution is -2.45. The van der Waals surface area contributed by atoms with E-state index in [4.69, 9.17) is 19.4 Å².